The van der Waals surface area contributed by atoms with Crippen molar-refractivity contribution in [3.63, 3.8) is 0 Å². The van der Waals surface area contributed by atoms with Crippen LogP contribution < -0.4 is 11.5 Å². The maximum atomic E-state index is 14.1. The SMILES string of the molecule is CCOCCCn1c(CCc2ccc(C(=N)N)cc2)nc2cc(C(=O)N(Cc3ccc(Cl)cc3)Cc3ccc(CN)cc3)ccc21. The molecule has 0 bridgehead atoms. The van der Waals surface area contributed by atoms with Gasteiger partial charge in [-0.2, -0.15) is 0 Å². The van der Waals surface area contributed by atoms with Crippen LogP contribution in [0.4, 0.5) is 0 Å². The fourth-order valence-corrected chi connectivity index (χ4v) is 5.65. The Kier molecular flexibility index (Phi) is 11.2. The first kappa shape index (κ1) is 32.9. The number of hydrogen-bond donors (Lipinski definition) is 3. The van der Waals surface area contributed by atoms with Crippen LogP contribution in [0.25, 0.3) is 11.0 Å². The molecule has 46 heavy (non-hydrogen) atoms. The standard InChI is InChI=1S/C37H41ClN6O2/c1-2-46-21-3-20-44-34-18-15-31(22-33(34)42-35(44)19-12-26-8-13-30(14-9-26)36(40)41)37(45)43(25-29-10-16-32(38)17-11-29)24-28-6-4-27(23-39)5-7-28/h4-11,13-18,22H,2-3,12,19-21,23-25,39H2,1H3,(H3,40,41). The molecule has 8 nitrogen and oxygen atoms in total. The summed E-state index contributed by atoms with van der Waals surface area (Å²) in [5.41, 5.74) is 18.7. The lowest BCUT2D eigenvalue weighted by atomic mass is 10.1. The number of nitrogen functional groups attached to an aromatic ring is 1. The minimum absolute atomic E-state index is 0.0595. The highest BCUT2D eigenvalue weighted by molar-refractivity contribution is 6.30. The molecule has 0 aliphatic heterocycles. The number of carbonyl (C=O) groups excluding carboxylic acids is 1. The van der Waals surface area contributed by atoms with E-state index in [1.807, 2.05) is 103 Å². The summed E-state index contributed by atoms with van der Waals surface area (Å²) >= 11 is 6.14. The Balaban J connectivity index is 1.42. The van der Waals surface area contributed by atoms with E-state index < -0.39 is 0 Å². The van der Waals surface area contributed by atoms with Crippen molar-refractivity contribution in [1.82, 2.24) is 14.5 Å². The van der Waals surface area contributed by atoms with Crippen molar-refractivity contribution >= 4 is 34.4 Å². The number of amidine groups is 1. The average molecular weight is 637 g/mol. The first-order chi connectivity index (χ1) is 22.3. The van der Waals surface area contributed by atoms with Gasteiger partial charge in [-0.05, 0) is 72.4 Å². The zero-order chi connectivity index (χ0) is 32.5. The minimum atomic E-state index is -0.0715. The van der Waals surface area contributed by atoms with Gasteiger partial charge in [0.15, 0.2) is 0 Å². The van der Waals surface area contributed by atoms with E-state index in [4.69, 9.17) is 38.2 Å². The van der Waals surface area contributed by atoms with Crippen LogP contribution in [-0.4, -0.2) is 39.4 Å². The lowest BCUT2D eigenvalue weighted by molar-refractivity contribution is 0.0730. The molecule has 9 heteroatoms. The van der Waals surface area contributed by atoms with Gasteiger partial charge in [0.05, 0.1) is 11.0 Å². The lowest BCUT2D eigenvalue weighted by Gasteiger charge is -2.23. The van der Waals surface area contributed by atoms with Gasteiger partial charge >= 0.3 is 0 Å². The van der Waals surface area contributed by atoms with Crippen LogP contribution in [0.15, 0.2) is 91.0 Å². The van der Waals surface area contributed by atoms with Crippen LogP contribution in [0.3, 0.4) is 0 Å². The first-order valence-electron chi connectivity index (χ1n) is 15.7. The minimum Gasteiger partial charge on any atom is -0.384 e. The molecule has 0 aliphatic rings. The third-order valence-electron chi connectivity index (χ3n) is 8.06. The number of benzene rings is 4. The molecule has 0 saturated carbocycles. The number of ether oxygens (including phenoxy) is 1. The molecule has 1 heterocycles. The van der Waals surface area contributed by atoms with E-state index in [2.05, 4.69) is 4.57 Å². The van der Waals surface area contributed by atoms with E-state index in [0.29, 0.717) is 49.0 Å². The Morgan fingerprint density at radius 2 is 1.48 bits per heavy atom. The van der Waals surface area contributed by atoms with Crippen LogP contribution >= 0.6 is 11.6 Å². The van der Waals surface area contributed by atoms with E-state index in [1.165, 1.54) is 0 Å². The summed E-state index contributed by atoms with van der Waals surface area (Å²) in [5, 5.41) is 8.31. The molecular weight excluding hydrogens is 596 g/mol. The molecule has 1 amide bonds. The van der Waals surface area contributed by atoms with E-state index in [0.717, 1.165) is 64.9 Å². The predicted octanol–water partition coefficient (Wildman–Crippen LogP) is 6.49. The van der Waals surface area contributed by atoms with Crippen molar-refractivity contribution in [2.45, 2.75) is 52.4 Å². The third kappa shape index (κ3) is 8.40. The van der Waals surface area contributed by atoms with E-state index >= 15 is 0 Å². The number of aromatic nitrogens is 2. The largest absolute Gasteiger partial charge is 0.384 e. The normalized spacial score (nSPS) is 11.2. The molecule has 4 aromatic carbocycles. The van der Waals surface area contributed by atoms with Crippen LogP contribution in [0, 0.1) is 5.41 Å². The molecule has 1 aromatic heterocycles. The second-order valence-electron chi connectivity index (χ2n) is 11.4. The summed E-state index contributed by atoms with van der Waals surface area (Å²) in [6, 6.07) is 29.3. The van der Waals surface area contributed by atoms with Gasteiger partial charge < -0.3 is 25.7 Å². The molecule has 238 valence electrons. The van der Waals surface area contributed by atoms with Crippen LogP contribution in [0.5, 0.6) is 0 Å². The molecule has 0 radical (unpaired) electrons. The number of aryl methyl sites for hydroxylation is 3. The number of carbonyl (C=O) groups is 1. The highest BCUT2D eigenvalue weighted by Gasteiger charge is 2.20. The smallest absolute Gasteiger partial charge is 0.254 e. The average Bonchev–Trinajstić information content (AvgIpc) is 3.43. The summed E-state index contributed by atoms with van der Waals surface area (Å²) in [7, 11) is 0. The number of nitrogens with two attached hydrogens (primary N) is 2. The summed E-state index contributed by atoms with van der Waals surface area (Å²) < 4.78 is 7.86. The van der Waals surface area contributed by atoms with Gasteiger partial charge in [-0.25, -0.2) is 4.98 Å². The topological polar surface area (TPSA) is 123 Å². The molecule has 0 spiro atoms. The van der Waals surface area contributed by atoms with Crippen LogP contribution in [0.1, 0.15) is 57.3 Å². The Bertz CT molecular complexity index is 1770. The van der Waals surface area contributed by atoms with Gasteiger partial charge in [0.2, 0.25) is 0 Å². The van der Waals surface area contributed by atoms with Crippen molar-refractivity contribution in [1.29, 1.82) is 5.41 Å². The number of fused-ring (bicyclic) bond motifs is 1. The van der Waals surface area contributed by atoms with E-state index in [9.17, 15) is 4.79 Å². The molecule has 5 aromatic rings. The second-order valence-corrected chi connectivity index (χ2v) is 11.8. The van der Waals surface area contributed by atoms with Gasteiger partial charge in [0.25, 0.3) is 5.91 Å². The van der Waals surface area contributed by atoms with Gasteiger partial charge in [0.1, 0.15) is 11.7 Å². The molecule has 5 N–H and O–H groups in total. The predicted molar refractivity (Wildman–Crippen MR) is 185 cm³/mol. The number of hydrogen-bond acceptors (Lipinski definition) is 5. The number of rotatable bonds is 15. The quantitative estimate of drug-likeness (QED) is 0.0689. The Hall–Kier alpha value is -4.50. The summed E-state index contributed by atoms with van der Waals surface area (Å²) in [6.45, 7) is 5.48. The van der Waals surface area contributed by atoms with E-state index in [-0.39, 0.29) is 11.7 Å². The molecule has 5 rings (SSSR count). The third-order valence-corrected chi connectivity index (χ3v) is 8.31. The van der Waals surface area contributed by atoms with Gasteiger partial charge in [-0.3, -0.25) is 10.2 Å². The molecular formula is C37H41ClN6O2. The van der Waals surface area contributed by atoms with Gasteiger partial charge in [-0.1, -0.05) is 72.3 Å². The Labute approximate surface area is 275 Å². The van der Waals surface area contributed by atoms with E-state index in [1.54, 1.807) is 0 Å². The highest BCUT2D eigenvalue weighted by Crippen LogP contribution is 2.23. The van der Waals surface area contributed by atoms with Gasteiger partial charge in [0, 0.05) is 62.0 Å². The second kappa shape index (κ2) is 15.7. The van der Waals surface area contributed by atoms with Gasteiger partial charge in [-0.15, -0.1) is 0 Å². The van der Waals surface area contributed by atoms with Crippen LogP contribution in [-0.2, 0) is 43.8 Å². The maximum absolute atomic E-state index is 14.1. The number of nitrogens with one attached hydrogen (secondary N) is 1. The molecule has 0 saturated heterocycles. The maximum Gasteiger partial charge on any atom is 0.254 e. The zero-order valence-corrected chi connectivity index (χ0v) is 27.0. The van der Waals surface area contributed by atoms with Crippen molar-refractivity contribution in [2.75, 3.05) is 13.2 Å². The molecule has 0 unspecified atom stereocenters. The number of amides is 1. The fraction of sp³-hybridized carbons (Fsp3) is 0.270. The van der Waals surface area contributed by atoms with Crippen molar-refractivity contribution in [3.8, 4) is 0 Å². The van der Waals surface area contributed by atoms with Crippen LogP contribution in [0.2, 0.25) is 5.02 Å². The molecule has 0 atom stereocenters. The summed E-state index contributed by atoms with van der Waals surface area (Å²) in [6.07, 6.45) is 2.38. The number of halogens is 1. The number of imidazole rings is 1. The van der Waals surface area contributed by atoms with Crippen molar-refractivity contribution < 1.29 is 9.53 Å². The zero-order valence-electron chi connectivity index (χ0n) is 26.2. The monoisotopic (exact) mass is 636 g/mol. The molecule has 0 fully saturated rings. The lowest BCUT2D eigenvalue weighted by Crippen LogP contribution is -2.30. The van der Waals surface area contributed by atoms with Crippen molar-refractivity contribution in [3.05, 3.63) is 135 Å². The van der Waals surface area contributed by atoms with Crippen molar-refractivity contribution in [2.24, 2.45) is 11.5 Å². The summed E-state index contributed by atoms with van der Waals surface area (Å²) in [5.74, 6) is 0.951. The Morgan fingerprint density at radius 1 is 0.870 bits per heavy atom. The Morgan fingerprint density at radius 3 is 2.11 bits per heavy atom. The summed E-state index contributed by atoms with van der Waals surface area (Å²) in [4.78, 5) is 21.0. The first-order valence-corrected chi connectivity index (χ1v) is 16.0. The number of nitrogens with zero attached hydrogens (tertiary/aromatic N) is 3. The fourth-order valence-electron chi connectivity index (χ4n) is 5.52. The highest BCUT2D eigenvalue weighted by atomic mass is 35.5. The molecule has 0 aliphatic carbocycles.